The van der Waals surface area contributed by atoms with Gasteiger partial charge in [0.2, 0.25) is 10.0 Å². The van der Waals surface area contributed by atoms with Crippen molar-refractivity contribution >= 4 is 21.6 Å². The Labute approximate surface area is 91.5 Å². The zero-order valence-corrected chi connectivity index (χ0v) is 8.71. The van der Waals surface area contributed by atoms with Crippen molar-refractivity contribution in [3.05, 3.63) is 24.0 Å². The second-order valence-corrected chi connectivity index (χ2v) is 4.31. The van der Waals surface area contributed by atoms with Gasteiger partial charge in [-0.05, 0) is 24.1 Å². The molecule has 0 aliphatic rings. The Bertz CT molecular complexity index is 575. The molecule has 7 heteroatoms. The number of hydrogen-bond donors (Lipinski definition) is 2. The van der Waals surface area contributed by atoms with Crippen LogP contribution in [0.2, 0.25) is 0 Å². The van der Waals surface area contributed by atoms with Crippen molar-refractivity contribution < 1.29 is 17.6 Å². The Morgan fingerprint density at radius 1 is 1.50 bits per heavy atom. The minimum Gasteiger partial charge on any atom is -0.314 e. The maximum atomic E-state index is 12.9. The summed E-state index contributed by atoms with van der Waals surface area (Å²) in [6.07, 6.45) is 4.78. The van der Waals surface area contributed by atoms with Crippen molar-refractivity contribution in [2.75, 3.05) is 5.32 Å². The second kappa shape index (κ2) is 4.30. The van der Waals surface area contributed by atoms with Gasteiger partial charge in [-0.25, -0.2) is 17.9 Å². The molecule has 0 unspecified atom stereocenters. The van der Waals surface area contributed by atoms with Gasteiger partial charge in [0.1, 0.15) is 10.7 Å². The summed E-state index contributed by atoms with van der Waals surface area (Å²) < 4.78 is 35.0. The van der Waals surface area contributed by atoms with E-state index in [-0.39, 0.29) is 5.69 Å². The molecule has 0 saturated carbocycles. The number of rotatable bonds is 2. The Morgan fingerprint density at radius 3 is 2.62 bits per heavy atom. The predicted octanol–water partition coefficient (Wildman–Crippen LogP) is 0.0448. The summed E-state index contributed by atoms with van der Waals surface area (Å²) >= 11 is 0. The largest absolute Gasteiger partial charge is 0.314 e. The standard InChI is InChI=1S/C9H7FN2O3S/c1-2-9(13)12-7-5-6(10)3-4-8(7)16(11,14)15/h1,3-5H,(H,12,13)(H2,11,14,15). The minimum absolute atomic E-state index is 0.287. The number of terminal acetylenes is 1. The lowest BCUT2D eigenvalue weighted by atomic mass is 10.3. The summed E-state index contributed by atoms with van der Waals surface area (Å²) in [6, 6.07) is 2.66. The SMILES string of the molecule is C#CC(=O)Nc1cc(F)ccc1S(N)(=O)=O. The molecule has 0 aliphatic carbocycles. The number of carbonyl (C=O) groups excluding carboxylic acids is 1. The van der Waals surface area contributed by atoms with E-state index >= 15 is 0 Å². The van der Waals surface area contributed by atoms with E-state index in [2.05, 4.69) is 0 Å². The van der Waals surface area contributed by atoms with Crippen LogP contribution in [0.25, 0.3) is 0 Å². The molecular formula is C9H7FN2O3S. The third-order valence-corrected chi connectivity index (χ3v) is 2.60. The number of hydrogen-bond acceptors (Lipinski definition) is 3. The third kappa shape index (κ3) is 2.79. The maximum Gasteiger partial charge on any atom is 0.300 e. The Morgan fingerprint density at radius 2 is 2.12 bits per heavy atom. The minimum atomic E-state index is -4.05. The highest BCUT2D eigenvalue weighted by Gasteiger charge is 2.15. The maximum absolute atomic E-state index is 12.9. The first-order chi connectivity index (χ1) is 7.34. The van der Waals surface area contributed by atoms with Gasteiger partial charge in [-0.2, -0.15) is 0 Å². The molecule has 3 N–H and O–H groups in total. The van der Waals surface area contributed by atoms with Gasteiger partial charge in [0.05, 0.1) is 5.69 Å². The van der Waals surface area contributed by atoms with Crippen molar-refractivity contribution in [2.45, 2.75) is 4.90 Å². The molecular weight excluding hydrogens is 235 g/mol. The molecule has 84 valence electrons. The number of nitrogens with one attached hydrogen (secondary N) is 1. The molecule has 0 aliphatic heterocycles. The van der Waals surface area contributed by atoms with Crippen LogP contribution in [0.15, 0.2) is 23.1 Å². The number of primary sulfonamides is 1. The average molecular weight is 242 g/mol. The molecule has 16 heavy (non-hydrogen) atoms. The number of nitrogens with two attached hydrogens (primary N) is 1. The van der Waals surface area contributed by atoms with E-state index < -0.39 is 26.6 Å². The molecule has 5 nitrogen and oxygen atoms in total. The van der Waals surface area contributed by atoms with Crippen molar-refractivity contribution in [3.8, 4) is 12.3 Å². The van der Waals surface area contributed by atoms with Crippen molar-refractivity contribution in [2.24, 2.45) is 5.14 Å². The van der Waals surface area contributed by atoms with Gasteiger partial charge in [0.15, 0.2) is 0 Å². The number of halogens is 1. The van der Waals surface area contributed by atoms with Gasteiger partial charge >= 0.3 is 0 Å². The van der Waals surface area contributed by atoms with Crippen LogP contribution >= 0.6 is 0 Å². The summed E-state index contributed by atoms with van der Waals surface area (Å²) in [4.78, 5) is 10.5. The van der Waals surface area contributed by atoms with E-state index in [1.807, 2.05) is 5.32 Å². The van der Waals surface area contributed by atoms with Gasteiger partial charge in [-0.15, -0.1) is 6.42 Å². The molecule has 0 bridgehead atoms. The van der Waals surface area contributed by atoms with Crippen LogP contribution in [0.4, 0.5) is 10.1 Å². The number of carbonyl (C=O) groups is 1. The van der Waals surface area contributed by atoms with E-state index in [1.54, 1.807) is 5.92 Å². The summed E-state index contributed by atoms with van der Waals surface area (Å²) in [5.74, 6) is 0.0879. The fourth-order valence-corrected chi connectivity index (χ4v) is 1.68. The van der Waals surface area contributed by atoms with Crippen LogP contribution in [0.1, 0.15) is 0 Å². The van der Waals surface area contributed by atoms with Crippen molar-refractivity contribution in [1.82, 2.24) is 0 Å². The fourth-order valence-electron chi connectivity index (χ4n) is 1.01. The van der Waals surface area contributed by atoms with Crippen molar-refractivity contribution in [3.63, 3.8) is 0 Å². The number of amides is 1. The predicted molar refractivity (Wildman–Crippen MR) is 55.2 cm³/mol. The van der Waals surface area contributed by atoms with E-state index in [4.69, 9.17) is 11.6 Å². The zero-order valence-electron chi connectivity index (χ0n) is 7.90. The zero-order chi connectivity index (χ0) is 12.3. The van der Waals surface area contributed by atoms with E-state index in [0.29, 0.717) is 0 Å². The van der Waals surface area contributed by atoms with E-state index in [1.165, 1.54) is 0 Å². The van der Waals surface area contributed by atoms with Crippen LogP contribution in [0, 0.1) is 18.2 Å². The highest BCUT2D eigenvalue weighted by atomic mass is 32.2. The second-order valence-electron chi connectivity index (χ2n) is 2.78. The molecule has 1 aromatic carbocycles. The molecule has 0 heterocycles. The molecule has 1 rings (SSSR count). The smallest absolute Gasteiger partial charge is 0.300 e. The van der Waals surface area contributed by atoms with Crippen molar-refractivity contribution in [1.29, 1.82) is 0 Å². The van der Waals surface area contributed by atoms with E-state index in [9.17, 15) is 17.6 Å². The number of anilines is 1. The van der Waals surface area contributed by atoms with Gasteiger partial charge in [-0.1, -0.05) is 0 Å². The molecule has 1 aromatic rings. The van der Waals surface area contributed by atoms with Gasteiger partial charge in [0, 0.05) is 0 Å². The normalized spacial score (nSPS) is 10.6. The van der Waals surface area contributed by atoms with Crippen LogP contribution in [-0.4, -0.2) is 14.3 Å². The number of sulfonamides is 1. The molecule has 0 aromatic heterocycles. The summed E-state index contributed by atoms with van der Waals surface area (Å²) in [5, 5.41) is 6.91. The fraction of sp³-hybridized carbons (Fsp3) is 0. The molecule has 0 fully saturated rings. The van der Waals surface area contributed by atoms with Crippen LogP contribution in [0.5, 0.6) is 0 Å². The summed E-state index contributed by atoms with van der Waals surface area (Å²) in [5.41, 5.74) is -0.287. The lowest BCUT2D eigenvalue weighted by Crippen LogP contribution is -2.17. The van der Waals surface area contributed by atoms with Crippen LogP contribution < -0.4 is 10.5 Å². The van der Waals surface area contributed by atoms with Gasteiger partial charge < -0.3 is 5.32 Å². The molecule has 0 spiro atoms. The number of benzene rings is 1. The first kappa shape index (κ1) is 12.2. The quantitative estimate of drug-likeness (QED) is 0.718. The highest BCUT2D eigenvalue weighted by Crippen LogP contribution is 2.20. The topological polar surface area (TPSA) is 89.3 Å². The van der Waals surface area contributed by atoms with E-state index in [0.717, 1.165) is 18.2 Å². The summed E-state index contributed by atoms with van der Waals surface area (Å²) in [6.45, 7) is 0. The molecule has 1 amide bonds. The highest BCUT2D eigenvalue weighted by molar-refractivity contribution is 7.89. The lowest BCUT2D eigenvalue weighted by molar-refractivity contribution is -0.111. The van der Waals surface area contributed by atoms with Gasteiger partial charge in [-0.3, -0.25) is 4.79 Å². The Kier molecular flexibility index (Phi) is 3.27. The first-order valence-electron chi connectivity index (χ1n) is 3.94. The first-order valence-corrected chi connectivity index (χ1v) is 5.49. The average Bonchev–Trinajstić information content (AvgIpc) is 2.15. The van der Waals surface area contributed by atoms with Crippen LogP contribution in [-0.2, 0) is 14.8 Å². The molecule has 0 atom stereocenters. The lowest BCUT2D eigenvalue weighted by Gasteiger charge is -2.07. The summed E-state index contributed by atoms with van der Waals surface area (Å²) in [7, 11) is -4.05. The third-order valence-electron chi connectivity index (χ3n) is 1.63. The Balaban J connectivity index is 3.31. The Hall–Kier alpha value is -1.91. The monoisotopic (exact) mass is 242 g/mol. The van der Waals surface area contributed by atoms with Crippen LogP contribution in [0.3, 0.4) is 0 Å². The molecule has 0 saturated heterocycles. The van der Waals surface area contributed by atoms with Gasteiger partial charge in [0.25, 0.3) is 5.91 Å². The molecule has 0 radical (unpaired) electrons.